The van der Waals surface area contributed by atoms with Gasteiger partial charge in [-0.05, 0) is 48.5 Å². The molecular weight excluding hydrogens is 501 g/mol. The van der Waals surface area contributed by atoms with E-state index in [0.717, 1.165) is 23.1 Å². The molecule has 1 aromatic heterocycles. The van der Waals surface area contributed by atoms with Crippen LogP contribution in [0.5, 0.6) is 0 Å². The van der Waals surface area contributed by atoms with Crippen LogP contribution in [0.15, 0.2) is 57.8 Å². The van der Waals surface area contributed by atoms with Gasteiger partial charge in [-0.3, -0.25) is 14.9 Å². The molecule has 34 heavy (non-hydrogen) atoms. The molecule has 0 saturated heterocycles. The Morgan fingerprint density at radius 3 is 2.26 bits per heavy atom. The van der Waals surface area contributed by atoms with Crippen LogP contribution >= 0.6 is 23.1 Å². The van der Waals surface area contributed by atoms with E-state index in [1.807, 2.05) is 0 Å². The summed E-state index contributed by atoms with van der Waals surface area (Å²) in [4.78, 5) is 24.6. The molecule has 0 aliphatic heterocycles. The molecule has 2 N–H and O–H groups in total. The SMILES string of the molecule is CCN(CC)S(=O)(=O)c1ccc(C(=O)Nc2nnc(SCC(=O)Nc3ccc(F)cc3)s2)cc1. The number of carbonyl (C=O) groups excluding carboxylic acids is 2. The van der Waals surface area contributed by atoms with Crippen molar-refractivity contribution in [3.8, 4) is 0 Å². The summed E-state index contributed by atoms with van der Waals surface area (Å²) >= 11 is 2.24. The maximum absolute atomic E-state index is 12.9. The van der Waals surface area contributed by atoms with Crippen molar-refractivity contribution in [2.75, 3.05) is 29.5 Å². The van der Waals surface area contributed by atoms with Crippen LogP contribution in [0.4, 0.5) is 15.2 Å². The first-order valence-electron chi connectivity index (χ1n) is 10.2. The van der Waals surface area contributed by atoms with E-state index in [-0.39, 0.29) is 27.3 Å². The Hall–Kier alpha value is -2.87. The second-order valence-electron chi connectivity index (χ2n) is 6.78. The van der Waals surface area contributed by atoms with Gasteiger partial charge in [-0.15, -0.1) is 10.2 Å². The molecule has 0 bridgehead atoms. The lowest BCUT2D eigenvalue weighted by molar-refractivity contribution is -0.113. The van der Waals surface area contributed by atoms with E-state index in [1.54, 1.807) is 13.8 Å². The number of nitrogens with zero attached hydrogens (tertiary/aromatic N) is 3. The number of anilines is 2. The van der Waals surface area contributed by atoms with Gasteiger partial charge in [0.1, 0.15) is 5.82 Å². The first-order chi connectivity index (χ1) is 16.2. The zero-order valence-corrected chi connectivity index (χ0v) is 20.8. The number of thioether (sulfide) groups is 1. The third-order valence-electron chi connectivity index (χ3n) is 4.54. The van der Waals surface area contributed by atoms with E-state index >= 15 is 0 Å². The van der Waals surface area contributed by atoms with Gasteiger partial charge in [-0.2, -0.15) is 4.31 Å². The van der Waals surface area contributed by atoms with E-state index < -0.39 is 21.7 Å². The molecule has 0 radical (unpaired) electrons. The lowest BCUT2D eigenvalue weighted by Gasteiger charge is -2.18. The summed E-state index contributed by atoms with van der Waals surface area (Å²) in [7, 11) is -3.61. The Kier molecular flexibility index (Phi) is 8.72. The van der Waals surface area contributed by atoms with E-state index in [9.17, 15) is 22.4 Å². The van der Waals surface area contributed by atoms with E-state index in [1.165, 1.54) is 52.8 Å². The number of halogens is 1. The molecule has 9 nitrogen and oxygen atoms in total. The molecule has 2 amide bonds. The van der Waals surface area contributed by atoms with Crippen LogP contribution in [0, 0.1) is 5.82 Å². The third kappa shape index (κ3) is 6.59. The van der Waals surface area contributed by atoms with E-state index in [4.69, 9.17) is 0 Å². The molecule has 0 aliphatic rings. The molecule has 0 unspecified atom stereocenters. The zero-order valence-electron chi connectivity index (χ0n) is 18.3. The summed E-state index contributed by atoms with van der Waals surface area (Å²) in [5.74, 6) is -1.09. The summed E-state index contributed by atoms with van der Waals surface area (Å²) in [5.41, 5.74) is 0.745. The minimum atomic E-state index is -3.61. The maximum Gasteiger partial charge on any atom is 0.257 e. The Labute approximate surface area is 204 Å². The number of hydrogen-bond acceptors (Lipinski definition) is 8. The number of rotatable bonds is 10. The molecule has 3 rings (SSSR count). The highest BCUT2D eigenvalue weighted by Gasteiger charge is 2.22. The third-order valence-corrected chi connectivity index (χ3v) is 8.58. The van der Waals surface area contributed by atoms with Crippen molar-refractivity contribution in [1.82, 2.24) is 14.5 Å². The highest BCUT2D eigenvalue weighted by Crippen LogP contribution is 2.26. The summed E-state index contributed by atoms with van der Waals surface area (Å²) < 4.78 is 39.9. The van der Waals surface area contributed by atoms with Crippen LogP contribution in [-0.2, 0) is 14.8 Å². The average molecular weight is 524 g/mol. The van der Waals surface area contributed by atoms with Crippen LogP contribution < -0.4 is 10.6 Å². The molecular formula is C21H22FN5O4S3. The van der Waals surface area contributed by atoms with Gasteiger partial charge in [0.05, 0.1) is 10.6 Å². The van der Waals surface area contributed by atoms with Crippen LogP contribution in [0.25, 0.3) is 0 Å². The fourth-order valence-corrected chi connectivity index (χ4v) is 5.84. The van der Waals surface area contributed by atoms with Gasteiger partial charge in [-0.25, -0.2) is 12.8 Å². The number of sulfonamides is 1. The standard InChI is InChI=1S/C21H22FN5O4S3/c1-3-27(4-2)34(30,31)17-11-5-14(6-12-17)19(29)24-20-25-26-21(33-20)32-13-18(28)23-16-9-7-15(22)8-10-16/h5-12H,3-4,13H2,1-2H3,(H,23,28)(H,24,25,29). The van der Waals surface area contributed by atoms with Gasteiger partial charge in [0.15, 0.2) is 4.34 Å². The summed E-state index contributed by atoms with van der Waals surface area (Å²) in [6, 6.07) is 11.1. The Balaban J connectivity index is 1.54. The topological polar surface area (TPSA) is 121 Å². The van der Waals surface area contributed by atoms with Gasteiger partial charge in [0.2, 0.25) is 21.1 Å². The Morgan fingerprint density at radius 1 is 1.00 bits per heavy atom. The number of benzene rings is 2. The van der Waals surface area contributed by atoms with E-state index in [2.05, 4.69) is 20.8 Å². The summed E-state index contributed by atoms with van der Waals surface area (Å²) in [5, 5.41) is 13.3. The van der Waals surface area contributed by atoms with Crippen molar-refractivity contribution >= 4 is 55.8 Å². The van der Waals surface area contributed by atoms with Crippen molar-refractivity contribution < 1.29 is 22.4 Å². The molecule has 180 valence electrons. The number of carbonyl (C=O) groups is 2. The molecule has 0 atom stereocenters. The second-order valence-corrected chi connectivity index (χ2v) is 10.9. The molecule has 1 heterocycles. The molecule has 0 fully saturated rings. The highest BCUT2D eigenvalue weighted by molar-refractivity contribution is 8.01. The number of nitrogens with one attached hydrogen (secondary N) is 2. The quantitative estimate of drug-likeness (QED) is 0.307. The van der Waals surface area contributed by atoms with Crippen molar-refractivity contribution in [3.63, 3.8) is 0 Å². The van der Waals surface area contributed by atoms with E-state index in [0.29, 0.717) is 23.1 Å². The molecule has 0 aliphatic carbocycles. The van der Waals surface area contributed by atoms with Crippen LogP contribution in [0.2, 0.25) is 0 Å². The summed E-state index contributed by atoms with van der Waals surface area (Å²) in [6.45, 7) is 4.23. The average Bonchev–Trinajstić information content (AvgIpc) is 3.27. The monoisotopic (exact) mass is 523 g/mol. The van der Waals surface area contributed by atoms with Crippen LogP contribution in [0.3, 0.4) is 0 Å². The molecule has 0 saturated carbocycles. The second kappa shape index (κ2) is 11.5. The number of hydrogen-bond donors (Lipinski definition) is 2. The predicted molar refractivity (Wildman–Crippen MR) is 130 cm³/mol. The fraction of sp³-hybridized carbons (Fsp3) is 0.238. The highest BCUT2D eigenvalue weighted by atomic mass is 32.2. The van der Waals surface area contributed by atoms with Crippen molar-refractivity contribution in [1.29, 1.82) is 0 Å². The minimum Gasteiger partial charge on any atom is -0.325 e. The van der Waals surface area contributed by atoms with Gasteiger partial charge < -0.3 is 5.32 Å². The van der Waals surface area contributed by atoms with Crippen molar-refractivity contribution in [2.45, 2.75) is 23.1 Å². The molecule has 2 aromatic carbocycles. The predicted octanol–water partition coefficient (Wildman–Crippen LogP) is 3.69. The lowest BCUT2D eigenvalue weighted by Crippen LogP contribution is -2.30. The van der Waals surface area contributed by atoms with Gasteiger partial charge in [-0.1, -0.05) is 36.9 Å². The Morgan fingerprint density at radius 2 is 1.65 bits per heavy atom. The fourth-order valence-electron chi connectivity index (χ4n) is 2.84. The zero-order chi connectivity index (χ0) is 24.7. The van der Waals surface area contributed by atoms with Gasteiger partial charge >= 0.3 is 0 Å². The first-order valence-corrected chi connectivity index (χ1v) is 13.4. The van der Waals surface area contributed by atoms with Crippen LogP contribution in [-0.4, -0.2) is 53.6 Å². The summed E-state index contributed by atoms with van der Waals surface area (Å²) in [6.07, 6.45) is 0. The molecule has 3 aromatic rings. The molecule has 13 heteroatoms. The normalized spacial score (nSPS) is 11.4. The van der Waals surface area contributed by atoms with Gasteiger partial charge in [0.25, 0.3) is 5.91 Å². The van der Waals surface area contributed by atoms with Gasteiger partial charge in [0, 0.05) is 24.3 Å². The van der Waals surface area contributed by atoms with Crippen molar-refractivity contribution in [2.24, 2.45) is 0 Å². The van der Waals surface area contributed by atoms with Crippen molar-refractivity contribution in [3.05, 3.63) is 59.9 Å². The maximum atomic E-state index is 12.9. The smallest absolute Gasteiger partial charge is 0.257 e. The minimum absolute atomic E-state index is 0.0580. The Bertz CT molecular complexity index is 1240. The molecule has 0 spiro atoms. The number of amides is 2. The lowest BCUT2D eigenvalue weighted by atomic mass is 10.2. The number of aromatic nitrogens is 2. The first kappa shape index (κ1) is 25.7. The van der Waals surface area contributed by atoms with Crippen LogP contribution in [0.1, 0.15) is 24.2 Å². The largest absolute Gasteiger partial charge is 0.325 e.